The molecule has 2 aromatic rings. The largest absolute Gasteiger partial charge is 0.334 e. The number of nitrogens with zero attached hydrogens (tertiary/aromatic N) is 1. The van der Waals surface area contributed by atoms with Gasteiger partial charge in [-0.1, -0.05) is 36.4 Å². The molecular formula is C16H19N3O. The summed E-state index contributed by atoms with van der Waals surface area (Å²) in [7, 11) is 0. The Kier molecular flexibility index (Phi) is 4.35. The first-order valence-electron chi connectivity index (χ1n) is 6.58. The van der Waals surface area contributed by atoms with Gasteiger partial charge in [-0.3, -0.25) is 4.98 Å². The molecule has 1 aromatic heterocycles. The highest BCUT2D eigenvalue weighted by atomic mass is 16.2. The second-order valence-electron chi connectivity index (χ2n) is 5.16. The van der Waals surface area contributed by atoms with E-state index in [-0.39, 0.29) is 6.03 Å². The lowest BCUT2D eigenvalue weighted by atomic mass is 9.96. The number of pyridine rings is 1. The molecule has 4 nitrogen and oxygen atoms in total. The van der Waals surface area contributed by atoms with Crippen LogP contribution >= 0.6 is 0 Å². The van der Waals surface area contributed by atoms with Gasteiger partial charge in [0.2, 0.25) is 0 Å². The van der Waals surface area contributed by atoms with Crippen LogP contribution in [0.2, 0.25) is 0 Å². The molecule has 0 aliphatic carbocycles. The average molecular weight is 269 g/mol. The first-order chi connectivity index (χ1) is 9.58. The van der Waals surface area contributed by atoms with E-state index in [1.165, 1.54) is 0 Å². The molecule has 0 radical (unpaired) electrons. The minimum absolute atomic E-state index is 0.192. The van der Waals surface area contributed by atoms with Crippen molar-refractivity contribution in [2.45, 2.75) is 25.9 Å². The molecule has 0 fully saturated rings. The van der Waals surface area contributed by atoms with Gasteiger partial charge in [-0.15, -0.1) is 0 Å². The van der Waals surface area contributed by atoms with Crippen LogP contribution in [0.4, 0.5) is 4.79 Å². The summed E-state index contributed by atoms with van der Waals surface area (Å²) in [4.78, 5) is 16.0. The summed E-state index contributed by atoms with van der Waals surface area (Å²) in [6, 6.07) is 13.4. The normalized spacial score (nSPS) is 10.9. The lowest BCUT2D eigenvalue weighted by Crippen LogP contribution is -2.46. The monoisotopic (exact) mass is 269 g/mol. The van der Waals surface area contributed by atoms with E-state index in [4.69, 9.17) is 0 Å². The second-order valence-corrected chi connectivity index (χ2v) is 5.16. The highest BCUT2D eigenvalue weighted by Crippen LogP contribution is 2.18. The van der Waals surface area contributed by atoms with Gasteiger partial charge in [0.05, 0.1) is 5.54 Å². The van der Waals surface area contributed by atoms with Crippen molar-refractivity contribution in [1.29, 1.82) is 0 Å². The minimum Gasteiger partial charge on any atom is -0.334 e. The van der Waals surface area contributed by atoms with Crippen LogP contribution < -0.4 is 10.6 Å². The number of benzene rings is 1. The van der Waals surface area contributed by atoms with E-state index < -0.39 is 5.54 Å². The summed E-state index contributed by atoms with van der Waals surface area (Å²) < 4.78 is 0. The number of urea groups is 1. The lowest BCUT2D eigenvalue weighted by molar-refractivity contribution is 0.229. The van der Waals surface area contributed by atoms with Crippen LogP contribution in [0.3, 0.4) is 0 Å². The van der Waals surface area contributed by atoms with Gasteiger partial charge in [-0.05, 0) is 31.0 Å². The summed E-state index contributed by atoms with van der Waals surface area (Å²) in [6.07, 6.45) is 3.48. The highest BCUT2D eigenvalue weighted by molar-refractivity contribution is 5.74. The van der Waals surface area contributed by atoms with Crippen molar-refractivity contribution in [3.05, 3.63) is 66.0 Å². The van der Waals surface area contributed by atoms with Crippen LogP contribution in [0.25, 0.3) is 0 Å². The SMILES string of the molecule is CC(C)(NC(=O)NCc1ccccc1)c1cccnc1. The molecule has 20 heavy (non-hydrogen) atoms. The van der Waals surface area contributed by atoms with Crippen LogP contribution in [0, 0.1) is 0 Å². The van der Waals surface area contributed by atoms with E-state index in [1.807, 2.05) is 56.3 Å². The molecular weight excluding hydrogens is 250 g/mol. The first-order valence-corrected chi connectivity index (χ1v) is 6.58. The Hall–Kier alpha value is -2.36. The standard InChI is InChI=1S/C16H19N3O/c1-16(2,14-9-6-10-17-12-14)19-15(20)18-11-13-7-4-3-5-8-13/h3-10,12H,11H2,1-2H3,(H2,18,19,20). The molecule has 2 N–H and O–H groups in total. The lowest BCUT2D eigenvalue weighted by Gasteiger charge is -2.26. The van der Waals surface area contributed by atoms with E-state index >= 15 is 0 Å². The topological polar surface area (TPSA) is 54.0 Å². The average Bonchev–Trinajstić information content (AvgIpc) is 2.47. The number of carbonyl (C=O) groups is 1. The maximum atomic E-state index is 12.0. The summed E-state index contributed by atoms with van der Waals surface area (Å²) in [5.74, 6) is 0. The Balaban J connectivity index is 1.91. The van der Waals surface area contributed by atoms with Crippen LogP contribution in [0.15, 0.2) is 54.9 Å². The third kappa shape index (κ3) is 3.82. The van der Waals surface area contributed by atoms with Crippen molar-refractivity contribution in [3.8, 4) is 0 Å². The van der Waals surface area contributed by atoms with Crippen molar-refractivity contribution < 1.29 is 4.79 Å². The molecule has 0 bridgehead atoms. The highest BCUT2D eigenvalue weighted by Gasteiger charge is 2.22. The molecule has 0 aliphatic rings. The number of carbonyl (C=O) groups excluding carboxylic acids is 1. The van der Waals surface area contributed by atoms with Gasteiger partial charge in [0.15, 0.2) is 0 Å². The molecule has 0 saturated carbocycles. The van der Waals surface area contributed by atoms with E-state index in [9.17, 15) is 4.79 Å². The van der Waals surface area contributed by atoms with E-state index in [0.717, 1.165) is 11.1 Å². The molecule has 1 aromatic carbocycles. The van der Waals surface area contributed by atoms with Crippen LogP contribution in [0.5, 0.6) is 0 Å². The molecule has 2 amide bonds. The smallest absolute Gasteiger partial charge is 0.315 e. The van der Waals surface area contributed by atoms with Crippen molar-refractivity contribution in [3.63, 3.8) is 0 Å². The summed E-state index contributed by atoms with van der Waals surface area (Å²) in [6.45, 7) is 4.41. The molecule has 104 valence electrons. The van der Waals surface area contributed by atoms with Gasteiger partial charge >= 0.3 is 6.03 Å². The first kappa shape index (κ1) is 14.1. The zero-order valence-electron chi connectivity index (χ0n) is 11.8. The summed E-state index contributed by atoms with van der Waals surface area (Å²) >= 11 is 0. The Morgan fingerprint density at radius 1 is 1.15 bits per heavy atom. The Bertz CT molecular complexity index is 552. The van der Waals surface area contributed by atoms with Crippen LogP contribution in [-0.2, 0) is 12.1 Å². The Labute approximate surface area is 119 Å². The fourth-order valence-electron chi connectivity index (χ4n) is 1.91. The van der Waals surface area contributed by atoms with Crippen molar-refractivity contribution in [2.75, 3.05) is 0 Å². The molecule has 0 saturated heterocycles. The van der Waals surface area contributed by atoms with Gasteiger partial charge in [-0.2, -0.15) is 0 Å². The molecule has 0 atom stereocenters. The maximum Gasteiger partial charge on any atom is 0.315 e. The number of aromatic nitrogens is 1. The number of nitrogens with one attached hydrogen (secondary N) is 2. The molecule has 2 rings (SSSR count). The summed E-state index contributed by atoms with van der Waals surface area (Å²) in [5, 5.41) is 5.81. The zero-order valence-corrected chi connectivity index (χ0v) is 11.8. The van der Waals surface area contributed by atoms with Crippen molar-refractivity contribution in [1.82, 2.24) is 15.6 Å². The Morgan fingerprint density at radius 2 is 1.90 bits per heavy atom. The second kappa shape index (κ2) is 6.19. The van der Waals surface area contributed by atoms with Gasteiger partial charge in [0, 0.05) is 18.9 Å². The van der Waals surface area contributed by atoms with Crippen molar-refractivity contribution >= 4 is 6.03 Å². The third-order valence-corrected chi connectivity index (χ3v) is 3.11. The molecule has 4 heteroatoms. The predicted molar refractivity (Wildman–Crippen MR) is 79.1 cm³/mol. The van der Waals surface area contributed by atoms with Gasteiger partial charge in [-0.25, -0.2) is 4.79 Å². The van der Waals surface area contributed by atoms with Crippen molar-refractivity contribution in [2.24, 2.45) is 0 Å². The number of rotatable bonds is 4. The minimum atomic E-state index is -0.463. The quantitative estimate of drug-likeness (QED) is 0.896. The van der Waals surface area contributed by atoms with Crippen LogP contribution in [0.1, 0.15) is 25.0 Å². The molecule has 0 aliphatic heterocycles. The van der Waals surface area contributed by atoms with E-state index in [1.54, 1.807) is 12.4 Å². The molecule has 0 unspecified atom stereocenters. The number of hydrogen-bond acceptors (Lipinski definition) is 2. The fourth-order valence-corrected chi connectivity index (χ4v) is 1.91. The van der Waals surface area contributed by atoms with Crippen LogP contribution in [-0.4, -0.2) is 11.0 Å². The molecule has 1 heterocycles. The van der Waals surface area contributed by atoms with Gasteiger partial charge in [0.25, 0.3) is 0 Å². The van der Waals surface area contributed by atoms with Gasteiger partial charge in [0.1, 0.15) is 0 Å². The van der Waals surface area contributed by atoms with E-state index in [2.05, 4.69) is 15.6 Å². The zero-order chi connectivity index (χ0) is 14.4. The number of hydrogen-bond donors (Lipinski definition) is 2. The maximum absolute atomic E-state index is 12.0. The number of amides is 2. The predicted octanol–water partition coefficient (Wildman–Crippen LogP) is 2.82. The fraction of sp³-hybridized carbons (Fsp3) is 0.250. The summed E-state index contributed by atoms with van der Waals surface area (Å²) in [5.41, 5.74) is 1.58. The third-order valence-electron chi connectivity index (χ3n) is 3.11. The van der Waals surface area contributed by atoms with E-state index in [0.29, 0.717) is 6.54 Å². The van der Waals surface area contributed by atoms with Gasteiger partial charge < -0.3 is 10.6 Å². The molecule has 0 spiro atoms. The Morgan fingerprint density at radius 3 is 2.55 bits per heavy atom.